The minimum Gasteiger partial charge on any atom is -0.495 e. The second-order valence-corrected chi connectivity index (χ2v) is 3.96. The molecule has 0 heterocycles. The molecule has 0 spiro atoms. The third-order valence-electron chi connectivity index (χ3n) is 2.49. The van der Waals surface area contributed by atoms with Crippen LogP contribution < -0.4 is 15.8 Å². The molecule has 0 aliphatic rings. The number of methoxy groups -OCH3 is 1. The average molecular weight is 228 g/mol. The normalized spacial score (nSPS) is 10.0. The summed E-state index contributed by atoms with van der Waals surface area (Å²) in [5, 5.41) is 3.30. The summed E-state index contributed by atoms with van der Waals surface area (Å²) in [6, 6.07) is 13.7. The van der Waals surface area contributed by atoms with Crippen molar-refractivity contribution in [2.75, 3.05) is 18.2 Å². The minimum atomic E-state index is 0.752. The molecular formula is C14H16N2O. The van der Waals surface area contributed by atoms with Crippen molar-refractivity contribution in [2.24, 2.45) is 0 Å². The fraction of sp³-hybridized carbons (Fsp3) is 0.143. The smallest absolute Gasteiger partial charge is 0.142 e. The number of nitrogens with two attached hydrogens (primary N) is 1. The van der Waals surface area contributed by atoms with Gasteiger partial charge in [0.05, 0.1) is 12.8 Å². The molecule has 0 saturated carbocycles. The van der Waals surface area contributed by atoms with Gasteiger partial charge in [0.2, 0.25) is 0 Å². The maximum Gasteiger partial charge on any atom is 0.142 e. The molecule has 88 valence electrons. The van der Waals surface area contributed by atoms with Gasteiger partial charge in [0.15, 0.2) is 0 Å². The van der Waals surface area contributed by atoms with Gasteiger partial charge in [-0.05, 0) is 42.8 Å². The summed E-state index contributed by atoms with van der Waals surface area (Å²) in [5.41, 5.74) is 9.59. The van der Waals surface area contributed by atoms with Crippen molar-refractivity contribution in [1.29, 1.82) is 0 Å². The van der Waals surface area contributed by atoms with Crippen LogP contribution in [0.4, 0.5) is 17.1 Å². The second kappa shape index (κ2) is 4.78. The lowest BCUT2D eigenvalue weighted by atomic mass is 10.2. The predicted octanol–water partition coefficient (Wildman–Crippen LogP) is 3.33. The van der Waals surface area contributed by atoms with Gasteiger partial charge < -0.3 is 15.8 Å². The number of nitrogen functional groups attached to an aromatic ring is 1. The van der Waals surface area contributed by atoms with Crippen LogP contribution in [0.2, 0.25) is 0 Å². The molecule has 3 N–H and O–H groups in total. The van der Waals surface area contributed by atoms with E-state index in [9.17, 15) is 0 Å². The van der Waals surface area contributed by atoms with E-state index >= 15 is 0 Å². The molecule has 17 heavy (non-hydrogen) atoms. The summed E-state index contributed by atoms with van der Waals surface area (Å²) < 4.78 is 5.28. The van der Waals surface area contributed by atoms with Gasteiger partial charge in [0.1, 0.15) is 5.75 Å². The van der Waals surface area contributed by atoms with Crippen LogP contribution in [0.3, 0.4) is 0 Å². The predicted molar refractivity (Wildman–Crippen MR) is 71.9 cm³/mol. The first kappa shape index (κ1) is 11.3. The molecule has 0 aliphatic carbocycles. The molecule has 0 radical (unpaired) electrons. The van der Waals surface area contributed by atoms with Crippen LogP contribution in [-0.2, 0) is 0 Å². The lowest BCUT2D eigenvalue weighted by molar-refractivity contribution is 0.417. The van der Waals surface area contributed by atoms with Crippen molar-refractivity contribution in [3.63, 3.8) is 0 Å². The highest BCUT2D eigenvalue weighted by molar-refractivity contribution is 5.69. The van der Waals surface area contributed by atoms with Crippen molar-refractivity contribution in [2.45, 2.75) is 6.92 Å². The summed E-state index contributed by atoms with van der Waals surface area (Å²) in [7, 11) is 1.66. The van der Waals surface area contributed by atoms with E-state index in [0.717, 1.165) is 28.4 Å². The highest BCUT2D eigenvalue weighted by atomic mass is 16.5. The lowest BCUT2D eigenvalue weighted by Gasteiger charge is -2.12. The number of para-hydroxylation sites is 2. The molecule has 0 amide bonds. The van der Waals surface area contributed by atoms with Gasteiger partial charge in [0.25, 0.3) is 0 Å². The third-order valence-corrected chi connectivity index (χ3v) is 2.49. The van der Waals surface area contributed by atoms with Gasteiger partial charge in [0, 0.05) is 11.4 Å². The van der Waals surface area contributed by atoms with Crippen LogP contribution in [0.5, 0.6) is 5.75 Å². The number of hydrogen-bond donors (Lipinski definition) is 2. The molecule has 0 aliphatic heterocycles. The molecule has 3 nitrogen and oxygen atoms in total. The number of benzene rings is 2. The lowest BCUT2D eigenvalue weighted by Crippen LogP contribution is -1.96. The molecule has 0 bridgehead atoms. The highest BCUT2D eigenvalue weighted by Crippen LogP contribution is 2.28. The van der Waals surface area contributed by atoms with E-state index in [4.69, 9.17) is 10.5 Å². The zero-order chi connectivity index (χ0) is 12.3. The molecular weight excluding hydrogens is 212 g/mol. The van der Waals surface area contributed by atoms with Crippen LogP contribution in [0, 0.1) is 6.92 Å². The molecule has 0 saturated heterocycles. The Morgan fingerprint density at radius 1 is 1.12 bits per heavy atom. The van der Waals surface area contributed by atoms with Gasteiger partial charge in [-0.2, -0.15) is 0 Å². The Labute approximate surface area is 101 Å². The summed E-state index contributed by atoms with van der Waals surface area (Å²) in [6.45, 7) is 2.02. The summed E-state index contributed by atoms with van der Waals surface area (Å²) in [5.74, 6) is 0.813. The van der Waals surface area contributed by atoms with E-state index < -0.39 is 0 Å². The van der Waals surface area contributed by atoms with E-state index in [-0.39, 0.29) is 0 Å². The quantitative estimate of drug-likeness (QED) is 0.792. The van der Waals surface area contributed by atoms with Gasteiger partial charge in [-0.1, -0.05) is 12.1 Å². The van der Waals surface area contributed by atoms with Crippen LogP contribution in [0.1, 0.15) is 5.56 Å². The maximum atomic E-state index is 5.81. The average Bonchev–Trinajstić information content (AvgIpc) is 2.28. The summed E-state index contributed by atoms with van der Waals surface area (Å²) in [4.78, 5) is 0. The van der Waals surface area contributed by atoms with Gasteiger partial charge >= 0.3 is 0 Å². The first-order valence-electron chi connectivity index (χ1n) is 5.46. The molecule has 0 aromatic heterocycles. The van der Waals surface area contributed by atoms with E-state index in [2.05, 4.69) is 5.32 Å². The Kier molecular flexibility index (Phi) is 3.19. The molecule has 3 heteroatoms. The Hall–Kier alpha value is -2.16. The summed E-state index contributed by atoms with van der Waals surface area (Å²) >= 11 is 0. The number of anilines is 3. The Balaban J connectivity index is 2.31. The highest BCUT2D eigenvalue weighted by Gasteiger charge is 2.02. The van der Waals surface area contributed by atoms with Crippen molar-refractivity contribution in [1.82, 2.24) is 0 Å². The largest absolute Gasteiger partial charge is 0.495 e. The monoisotopic (exact) mass is 228 g/mol. The second-order valence-electron chi connectivity index (χ2n) is 3.96. The number of rotatable bonds is 3. The molecule has 0 fully saturated rings. The zero-order valence-electron chi connectivity index (χ0n) is 10.0. The van der Waals surface area contributed by atoms with E-state index in [1.807, 2.05) is 49.4 Å². The van der Waals surface area contributed by atoms with E-state index in [1.54, 1.807) is 7.11 Å². The first-order chi connectivity index (χ1) is 8.19. The number of aryl methyl sites for hydroxylation is 1. The molecule has 0 unspecified atom stereocenters. The van der Waals surface area contributed by atoms with Crippen molar-refractivity contribution in [3.05, 3.63) is 48.0 Å². The van der Waals surface area contributed by atoms with Crippen molar-refractivity contribution < 1.29 is 4.74 Å². The molecule has 2 aromatic carbocycles. The van der Waals surface area contributed by atoms with Crippen LogP contribution >= 0.6 is 0 Å². The Bertz CT molecular complexity index is 503. The SMILES string of the molecule is COc1ccccc1Nc1cc(C)cc(N)c1. The van der Waals surface area contributed by atoms with Gasteiger partial charge in [-0.25, -0.2) is 0 Å². The van der Waals surface area contributed by atoms with Crippen molar-refractivity contribution in [3.8, 4) is 5.75 Å². The minimum absolute atomic E-state index is 0.752. The Morgan fingerprint density at radius 3 is 2.59 bits per heavy atom. The maximum absolute atomic E-state index is 5.81. The van der Waals surface area contributed by atoms with Crippen LogP contribution in [-0.4, -0.2) is 7.11 Å². The number of ether oxygens (including phenoxy) is 1. The zero-order valence-corrected chi connectivity index (χ0v) is 10.0. The molecule has 2 rings (SSSR count). The van der Waals surface area contributed by atoms with Crippen LogP contribution in [0.25, 0.3) is 0 Å². The topological polar surface area (TPSA) is 47.3 Å². The third kappa shape index (κ3) is 2.69. The van der Waals surface area contributed by atoms with Gasteiger partial charge in [-0.3, -0.25) is 0 Å². The first-order valence-corrected chi connectivity index (χ1v) is 5.46. The fourth-order valence-electron chi connectivity index (χ4n) is 1.79. The molecule has 2 aromatic rings. The van der Waals surface area contributed by atoms with Gasteiger partial charge in [-0.15, -0.1) is 0 Å². The fourth-order valence-corrected chi connectivity index (χ4v) is 1.79. The molecule has 0 atom stereocenters. The summed E-state index contributed by atoms with van der Waals surface area (Å²) in [6.07, 6.45) is 0. The van der Waals surface area contributed by atoms with E-state index in [1.165, 1.54) is 0 Å². The number of nitrogens with one attached hydrogen (secondary N) is 1. The van der Waals surface area contributed by atoms with Crippen LogP contribution in [0.15, 0.2) is 42.5 Å². The number of hydrogen-bond acceptors (Lipinski definition) is 3. The van der Waals surface area contributed by atoms with E-state index in [0.29, 0.717) is 0 Å². The van der Waals surface area contributed by atoms with Crippen molar-refractivity contribution >= 4 is 17.1 Å². The Morgan fingerprint density at radius 2 is 1.88 bits per heavy atom. The standard InChI is InChI=1S/C14H16N2O/c1-10-7-11(15)9-12(8-10)16-13-5-3-4-6-14(13)17-2/h3-9,16H,15H2,1-2H3.